The van der Waals surface area contributed by atoms with Gasteiger partial charge in [0.05, 0.1) is 22.6 Å². The van der Waals surface area contributed by atoms with Gasteiger partial charge in [0.2, 0.25) is 0 Å². The van der Waals surface area contributed by atoms with Crippen molar-refractivity contribution in [1.29, 1.82) is 0 Å². The van der Waals surface area contributed by atoms with E-state index in [0.29, 0.717) is 5.39 Å². The summed E-state index contributed by atoms with van der Waals surface area (Å²) in [5.41, 5.74) is 4.04. The van der Waals surface area contributed by atoms with Gasteiger partial charge in [0.15, 0.2) is 0 Å². The molecule has 4 heteroatoms. The largest absolute Gasteiger partial charge is 0.307 e. The molecule has 148 valence electrons. The molecule has 0 amide bonds. The molecule has 1 atom stereocenters. The number of hydrogen-bond donors (Lipinski definition) is 1. The standard InChI is InChI=1S/C24H31N3O/c1-5-7-10-15-25-21(6-2)23-26-22-12-9-8-11-20(22)24(28)27(23)19-14-13-17(3)18(4)16-19/h8-9,11-14,16,21,25H,5-7,10,15H2,1-4H3/t21-/m0/s1. The molecule has 3 rings (SSSR count). The first-order chi connectivity index (χ1) is 13.6. The Hall–Kier alpha value is -2.46. The van der Waals surface area contributed by atoms with Gasteiger partial charge in [0.25, 0.3) is 5.56 Å². The number of nitrogens with one attached hydrogen (secondary N) is 1. The molecule has 0 aliphatic rings. The second-order valence-electron chi connectivity index (χ2n) is 7.52. The minimum absolute atomic E-state index is 0.00217. The third kappa shape index (κ3) is 4.17. The van der Waals surface area contributed by atoms with Crippen LogP contribution in [0.4, 0.5) is 0 Å². The molecule has 3 aromatic rings. The summed E-state index contributed by atoms with van der Waals surface area (Å²) in [5.74, 6) is 0.797. The van der Waals surface area contributed by atoms with Crippen LogP contribution in [0.3, 0.4) is 0 Å². The highest BCUT2D eigenvalue weighted by Crippen LogP contribution is 2.22. The Labute approximate surface area is 167 Å². The monoisotopic (exact) mass is 377 g/mol. The van der Waals surface area contributed by atoms with Gasteiger partial charge < -0.3 is 5.32 Å². The lowest BCUT2D eigenvalue weighted by Gasteiger charge is -2.22. The van der Waals surface area contributed by atoms with Crippen molar-refractivity contribution in [3.8, 4) is 5.69 Å². The van der Waals surface area contributed by atoms with E-state index in [0.717, 1.165) is 36.4 Å². The average molecular weight is 378 g/mol. The molecule has 4 nitrogen and oxygen atoms in total. The molecule has 0 aliphatic heterocycles. The summed E-state index contributed by atoms with van der Waals surface area (Å²) in [4.78, 5) is 18.4. The maximum Gasteiger partial charge on any atom is 0.266 e. The molecular formula is C24H31N3O. The van der Waals surface area contributed by atoms with E-state index in [4.69, 9.17) is 4.98 Å². The van der Waals surface area contributed by atoms with E-state index in [1.54, 1.807) is 4.57 Å². The normalized spacial score (nSPS) is 12.4. The molecule has 1 heterocycles. The highest BCUT2D eigenvalue weighted by atomic mass is 16.1. The van der Waals surface area contributed by atoms with Crippen LogP contribution in [0.2, 0.25) is 0 Å². The lowest BCUT2D eigenvalue weighted by Crippen LogP contribution is -2.31. The topological polar surface area (TPSA) is 46.9 Å². The van der Waals surface area contributed by atoms with Crippen molar-refractivity contribution >= 4 is 10.9 Å². The zero-order chi connectivity index (χ0) is 20.1. The lowest BCUT2D eigenvalue weighted by molar-refractivity contribution is 0.472. The third-order valence-corrected chi connectivity index (χ3v) is 5.44. The van der Waals surface area contributed by atoms with Crippen LogP contribution in [-0.2, 0) is 0 Å². The number of benzene rings is 2. The summed E-state index contributed by atoms with van der Waals surface area (Å²) in [7, 11) is 0. The van der Waals surface area contributed by atoms with Crippen molar-refractivity contribution in [1.82, 2.24) is 14.9 Å². The van der Waals surface area contributed by atoms with E-state index < -0.39 is 0 Å². The summed E-state index contributed by atoms with van der Waals surface area (Å²) in [6, 6.07) is 13.8. The van der Waals surface area contributed by atoms with E-state index in [2.05, 4.69) is 45.1 Å². The summed E-state index contributed by atoms with van der Waals surface area (Å²) in [6.45, 7) is 9.45. The van der Waals surface area contributed by atoms with Crippen molar-refractivity contribution in [3.63, 3.8) is 0 Å². The predicted octanol–water partition coefficient (Wildman–Crippen LogP) is 5.23. The van der Waals surface area contributed by atoms with Gasteiger partial charge >= 0.3 is 0 Å². The van der Waals surface area contributed by atoms with E-state index >= 15 is 0 Å². The number of unbranched alkanes of at least 4 members (excludes halogenated alkanes) is 2. The molecule has 28 heavy (non-hydrogen) atoms. The van der Waals surface area contributed by atoms with Crippen molar-refractivity contribution in [2.75, 3.05) is 6.54 Å². The molecule has 0 saturated carbocycles. The van der Waals surface area contributed by atoms with E-state index in [9.17, 15) is 4.79 Å². The number of para-hydroxylation sites is 1. The second-order valence-corrected chi connectivity index (χ2v) is 7.52. The first-order valence-corrected chi connectivity index (χ1v) is 10.4. The van der Waals surface area contributed by atoms with Crippen LogP contribution in [-0.4, -0.2) is 16.1 Å². The highest BCUT2D eigenvalue weighted by molar-refractivity contribution is 5.77. The number of aryl methyl sites for hydroxylation is 2. The SMILES string of the molecule is CCCCCN[C@@H](CC)c1nc2ccccc2c(=O)n1-c1ccc(C)c(C)c1. The molecule has 2 aromatic carbocycles. The Morgan fingerprint density at radius 3 is 2.54 bits per heavy atom. The van der Waals surface area contributed by atoms with Gasteiger partial charge in [-0.2, -0.15) is 0 Å². The Morgan fingerprint density at radius 2 is 1.82 bits per heavy atom. The van der Waals surface area contributed by atoms with Crippen molar-refractivity contribution in [3.05, 3.63) is 69.8 Å². The lowest BCUT2D eigenvalue weighted by atomic mass is 10.1. The van der Waals surface area contributed by atoms with Crippen LogP contribution >= 0.6 is 0 Å². The Morgan fingerprint density at radius 1 is 1.04 bits per heavy atom. The van der Waals surface area contributed by atoms with Crippen molar-refractivity contribution in [2.45, 2.75) is 59.4 Å². The minimum atomic E-state index is -0.00217. The zero-order valence-electron chi connectivity index (χ0n) is 17.5. The minimum Gasteiger partial charge on any atom is -0.307 e. The number of fused-ring (bicyclic) bond motifs is 1. The van der Waals surface area contributed by atoms with Crippen LogP contribution in [0, 0.1) is 13.8 Å². The quantitative estimate of drug-likeness (QED) is 0.547. The van der Waals surface area contributed by atoms with Gasteiger partial charge in [-0.25, -0.2) is 4.98 Å². The molecule has 0 bridgehead atoms. The van der Waals surface area contributed by atoms with Crippen LogP contribution in [0.25, 0.3) is 16.6 Å². The van der Waals surface area contributed by atoms with E-state index in [1.165, 1.54) is 24.0 Å². The van der Waals surface area contributed by atoms with Crippen LogP contribution in [0.5, 0.6) is 0 Å². The fraction of sp³-hybridized carbons (Fsp3) is 0.417. The molecule has 0 fully saturated rings. The molecule has 0 aliphatic carbocycles. The fourth-order valence-electron chi connectivity index (χ4n) is 3.57. The zero-order valence-corrected chi connectivity index (χ0v) is 17.5. The first-order valence-electron chi connectivity index (χ1n) is 10.4. The molecule has 0 spiro atoms. The smallest absolute Gasteiger partial charge is 0.266 e. The predicted molar refractivity (Wildman–Crippen MR) is 117 cm³/mol. The van der Waals surface area contributed by atoms with Gasteiger partial charge in [-0.3, -0.25) is 9.36 Å². The fourth-order valence-corrected chi connectivity index (χ4v) is 3.57. The first kappa shape index (κ1) is 20.3. The maximum atomic E-state index is 13.4. The van der Waals surface area contributed by atoms with Gasteiger partial charge in [0, 0.05) is 0 Å². The van der Waals surface area contributed by atoms with E-state index in [-0.39, 0.29) is 11.6 Å². The molecule has 0 radical (unpaired) electrons. The Bertz CT molecular complexity index is 1010. The number of aromatic nitrogens is 2. The summed E-state index contributed by atoms with van der Waals surface area (Å²) >= 11 is 0. The summed E-state index contributed by atoms with van der Waals surface area (Å²) in [6.07, 6.45) is 4.41. The average Bonchev–Trinajstić information content (AvgIpc) is 2.70. The number of rotatable bonds is 8. The van der Waals surface area contributed by atoms with Crippen molar-refractivity contribution < 1.29 is 0 Å². The molecule has 1 aromatic heterocycles. The summed E-state index contributed by atoms with van der Waals surface area (Å²) < 4.78 is 1.80. The van der Waals surface area contributed by atoms with Gasteiger partial charge in [-0.1, -0.05) is 44.9 Å². The maximum absolute atomic E-state index is 13.4. The molecule has 0 saturated heterocycles. The molecule has 1 N–H and O–H groups in total. The summed E-state index contributed by atoms with van der Waals surface area (Å²) in [5, 5.41) is 4.28. The Kier molecular flexibility index (Phi) is 6.63. The van der Waals surface area contributed by atoms with Crippen LogP contribution in [0.1, 0.15) is 62.5 Å². The highest BCUT2D eigenvalue weighted by Gasteiger charge is 2.19. The van der Waals surface area contributed by atoms with Gasteiger partial charge in [-0.05, 0) is 68.6 Å². The van der Waals surface area contributed by atoms with Gasteiger partial charge in [0.1, 0.15) is 5.82 Å². The number of hydrogen-bond acceptors (Lipinski definition) is 3. The molecular weight excluding hydrogens is 346 g/mol. The van der Waals surface area contributed by atoms with E-state index in [1.807, 2.05) is 30.3 Å². The van der Waals surface area contributed by atoms with Gasteiger partial charge in [-0.15, -0.1) is 0 Å². The Balaban J connectivity index is 2.16. The second kappa shape index (κ2) is 9.16. The number of nitrogens with zero attached hydrogens (tertiary/aromatic N) is 2. The third-order valence-electron chi connectivity index (χ3n) is 5.44. The van der Waals surface area contributed by atoms with Crippen LogP contribution < -0.4 is 10.9 Å². The van der Waals surface area contributed by atoms with Crippen molar-refractivity contribution in [2.24, 2.45) is 0 Å². The molecule has 0 unspecified atom stereocenters. The van der Waals surface area contributed by atoms with Crippen LogP contribution in [0.15, 0.2) is 47.3 Å².